The summed E-state index contributed by atoms with van der Waals surface area (Å²) in [5.41, 5.74) is 10.4. The molecule has 41 heavy (non-hydrogen) atoms. The van der Waals surface area contributed by atoms with Crippen LogP contribution in [0.2, 0.25) is 5.02 Å². The number of aromatic amines is 1. The summed E-state index contributed by atoms with van der Waals surface area (Å²) in [4.78, 5) is 17.6. The number of hydrogen-bond donors (Lipinski definition) is 2. The molecule has 2 aromatic carbocycles. The van der Waals surface area contributed by atoms with Crippen LogP contribution in [-0.2, 0) is 4.79 Å². The molecule has 7 nitrogen and oxygen atoms in total. The van der Waals surface area contributed by atoms with E-state index in [1.807, 2.05) is 54.6 Å². The maximum absolute atomic E-state index is 12.8. The first-order chi connectivity index (χ1) is 19.7. The molecule has 1 aromatic heterocycles. The van der Waals surface area contributed by atoms with Gasteiger partial charge in [-0.05, 0) is 66.2 Å². The highest BCUT2D eigenvalue weighted by molar-refractivity contribution is 6.30. The molecule has 1 fully saturated rings. The van der Waals surface area contributed by atoms with Crippen molar-refractivity contribution in [3.05, 3.63) is 89.1 Å². The summed E-state index contributed by atoms with van der Waals surface area (Å²) >= 11 is 6.21. The van der Waals surface area contributed by atoms with Gasteiger partial charge in [-0.25, -0.2) is 0 Å². The molecule has 0 bridgehead atoms. The number of nitrogens with zero attached hydrogens (tertiary/aromatic N) is 3. The van der Waals surface area contributed by atoms with Gasteiger partial charge in [0, 0.05) is 37.7 Å². The Hall–Kier alpha value is -3.39. The van der Waals surface area contributed by atoms with Crippen LogP contribution in [0, 0.1) is 11.3 Å². The number of hydrogen-bond acceptors (Lipinski definition) is 5. The van der Waals surface area contributed by atoms with Crippen molar-refractivity contribution < 1.29 is 9.53 Å². The molecule has 2 aliphatic carbocycles. The summed E-state index contributed by atoms with van der Waals surface area (Å²) in [5.74, 6) is -0.358. The standard InChI is InChI=1S/C33H38ClN5O2/c1-32(2)15-13-24(26(20-32)23-9-11-25(34)12-10-23)22-38-16-18-39(19-17-38)33(14-4-3-6-28(33)31(35)40)41-30-8-5-7-29-27(30)21-36-37-29/h3-12,14,21,28H,13,15-20,22H2,1-2H3,(H2,35,40)(H,36,37). The van der Waals surface area contributed by atoms with Crippen LogP contribution in [0.25, 0.3) is 16.5 Å². The topological polar surface area (TPSA) is 87.5 Å². The first kappa shape index (κ1) is 27.8. The number of piperazine rings is 1. The summed E-state index contributed by atoms with van der Waals surface area (Å²) in [6, 6.07) is 14.1. The first-order valence-electron chi connectivity index (χ1n) is 14.4. The average molecular weight is 572 g/mol. The number of benzene rings is 2. The summed E-state index contributed by atoms with van der Waals surface area (Å²) in [7, 11) is 0. The Balaban J connectivity index is 1.24. The lowest BCUT2D eigenvalue weighted by molar-refractivity contribution is -0.138. The molecule has 2 unspecified atom stereocenters. The van der Waals surface area contributed by atoms with Gasteiger partial charge in [0.05, 0.1) is 17.1 Å². The minimum atomic E-state index is -1.01. The van der Waals surface area contributed by atoms with E-state index in [2.05, 4.69) is 46.0 Å². The van der Waals surface area contributed by atoms with Crippen LogP contribution in [-0.4, -0.2) is 64.4 Å². The molecule has 1 aliphatic heterocycles. The number of nitrogens with two attached hydrogens (primary N) is 1. The Morgan fingerprint density at radius 2 is 1.90 bits per heavy atom. The third-order valence-electron chi connectivity index (χ3n) is 8.88. The van der Waals surface area contributed by atoms with E-state index >= 15 is 0 Å². The molecule has 0 saturated carbocycles. The Bertz CT molecular complexity index is 1510. The number of nitrogens with one attached hydrogen (secondary N) is 1. The number of carbonyl (C=O) groups is 1. The molecule has 1 amide bonds. The molecule has 3 N–H and O–H groups in total. The van der Waals surface area contributed by atoms with Gasteiger partial charge >= 0.3 is 0 Å². The number of fused-ring (bicyclic) bond motifs is 1. The predicted molar refractivity (Wildman–Crippen MR) is 164 cm³/mol. The molecule has 8 heteroatoms. The summed E-state index contributed by atoms with van der Waals surface area (Å²) in [6.07, 6.45) is 12.8. The van der Waals surface area contributed by atoms with Crippen molar-refractivity contribution in [2.24, 2.45) is 17.1 Å². The van der Waals surface area contributed by atoms with Gasteiger partial charge in [0.25, 0.3) is 0 Å². The normalized spacial score (nSPS) is 25.1. The third kappa shape index (κ3) is 5.59. The number of allylic oxidation sites excluding steroid dienone is 3. The zero-order valence-corrected chi connectivity index (χ0v) is 24.5. The Labute approximate surface area is 246 Å². The van der Waals surface area contributed by atoms with Crippen LogP contribution in [0.15, 0.2) is 78.5 Å². The number of aromatic nitrogens is 2. The fourth-order valence-corrected chi connectivity index (χ4v) is 6.69. The average Bonchev–Trinajstić information content (AvgIpc) is 3.45. The van der Waals surface area contributed by atoms with E-state index in [0.717, 1.165) is 61.5 Å². The van der Waals surface area contributed by atoms with Gasteiger partial charge in [-0.1, -0.05) is 67.4 Å². The SMILES string of the molecule is CC1(C)CCC(CN2CCN(C3(Oc4cccc5[nH]ncc45)C=CC=CC3C(N)=O)CC2)=C(c2ccc(Cl)cc2)C1. The second-order valence-corrected chi connectivity index (χ2v) is 12.7. The lowest BCUT2D eigenvalue weighted by Gasteiger charge is -2.49. The van der Waals surface area contributed by atoms with Crippen LogP contribution in [0.5, 0.6) is 5.75 Å². The Morgan fingerprint density at radius 3 is 2.66 bits per heavy atom. The number of amides is 1. The minimum absolute atomic E-state index is 0.281. The second-order valence-electron chi connectivity index (χ2n) is 12.3. The van der Waals surface area contributed by atoms with Gasteiger partial charge in [0.15, 0.2) is 5.72 Å². The highest BCUT2D eigenvalue weighted by Gasteiger charge is 2.48. The Kier molecular flexibility index (Phi) is 7.53. The van der Waals surface area contributed by atoms with Crippen molar-refractivity contribution in [2.45, 2.75) is 38.8 Å². The van der Waals surface area contributed by atoms with Crippen LogP contribution < -0.4 is 10.5 Å². The third-order valence-corrected chi connectivity index (χ3v) is 9.13. The van der Waals surface area contributed by atoms with Crippen LogP contribution in [0.4, 0.5) is 0 Å². The van der Waals surface area contributed by atoms with E-state index in [9.17, 15) is 4.79 Å². The van der Waals surface area contributed by atoms with Gasteiger partial charge in [-0.15, -0.1) is 0 Å². The number of primary amides is 1. The van der Waals surface area contributed by atoms with E-state index in [1.165, 1.54) is 23.1 Å². The smallest absolute Gasteiger partial charge is 0.230 e. The van der Waals surface area contributed by atoms with E-state index in [4.69, 9.17) is 22.1 Å². The largest absolute Gasteiger partial charge is 0.467 e. The molecule has 0 radical (unpaired) electrons. The maximum atomic E-state index is 12.8. The van der Waals surface area contributed by atoms with Crippen molar-refractivity contribution in [3.8, 4) is 5.75 Å². The summed E-state index contributed by atoms with van der Waals surface area (Å²) in [6.45, 7) is 8.90. The molecular formula is C33H38ClN5O2. The highest BCUT2D eigenvalue weighted by atomic mass is 35.5. The van der Waals surface area contributed by atoms with Gasteiger partial charge in [-0.2, -0.15) is 5.10 Å². The van der Waals surface area contributed by atoms with Crippen LogP contribution >= 0.6 is 11.6 Å². The second kappa shape index (κ2) is 11.1. The van der Waals surface area contributed by atoms with Gasteiger partial charge in [0.2, 0.25) is 5.91 Å². The van der Waals surface area contributed by atoms with E-state index in [0.29, 0.717) is 5.75 Å². The molecule has 3 aromatic rings. The predicted octanol–water partition coefficient (Wildman–Crippen LogP) is 5.80. The van der Waals surface area contributed by atoms with Crippen molar-refractivity contribution in [3.63, 3.8) is 0 Å². The molecule has 0 spiro atoms. The van der Waals surface area contributed by atoms with E-state index in [1.54, 1.807) is 6.20 Å². The van der Waals surface area contributed by atoms with Crippen molar-refractivity contribution >= 4 is 34.0 Å². The highest BCUT2D eigenvalue weighted by Crippen LogP contribution is 2.44. The van der Waals surface area contributed by atoms with Crippen molar-refractivity contribution in [2.75, 3.05) is 32.7 Å². The van der Waals surface area contributed by atoms with Crippen LogP contribution in [0.3, 0.4) is 0 Å². The zero-order valence-electron chi connectivity index (χ0n) is 23.8. The minimum Gasteiger partial charge on any atom is -0.467 e. The lowest BCUT2D eigenvalue weighted by Crippen LogP contribution is -2.64. The molecule has 2 heterocycles. The lowest BCUT2D eigenvalue weighted by atomic mass is 9.72. The number of carbonyl (C=O) groups excluding carboxylic acids is 1. The molecule has 1 saturated heterocycles. The fraction of sp³-hybridized carbons (Fsp3) is 0.394. The zero-order chi connectivity index (χ0) is 28.6. The van der Waals surface area contributed by atoms with Crippen molar-refractivity contribution in [1.82, 2.24) is 20.0 Å². The number of rotatable bonds is 7. The van der Waals surface area contributed by atoms with Gasteiger partial charge in [0.1, 0.15) is 11.7 Å². The molecular weight excluding hydrogens is 534 g/mol. The van der Waals surface area contributed by atoms with Crippen molar-refractivity contribution in [1.29, 1.82) is 0 Å². The van der Waals surface area contributed by atoms with E-state index < -0.39 is 17.6 Å². The first-order valence-corrected chi connectivity index (χ1v) is 14.8. The Morgan fingerprint density at radius 1 is 1.12 bits per heavy atom. The fourth-order valence-electron chi connectivity index (χ4n) is 6.57. The number of H-pyrrole nitrogens is 1. The molecule has 214 valence electrons. The van der Waals surface area contributed by atoms with Crippen LogP contribution in [0.1, 0.15) is 38.7 Å². The monoisotopic (exact) mass is 571 g/mol. The summed E-state index contributed by atoms with van der Waals surface area (Å²) < 4.78 is 6.81. The van der Waals surface area contributed by atoms with E-state index in [-0.39, 0.29) is 5.41 Å². The number of halogens is 1. The van der Waals surface area contributed by atoms with Gasteiger partial charge < -0.3 is 10.5 Å². The van der Waals surface area contributed by atoms with Gasteiger partial charge in [-0.3, -0.25) is 19.7 Å². The number of ether oxygens (including phenoxy) is 1. The summed E-state index contributed by atoms with van der Waals surface area (Å²) in [5, 5.41) is 8.84. The quantitative estimate of drug-likeness (QED) is 0.374. The molecule has 3 aliphatic rings. The maximum Gasteiger partial charge on any atom is 0.230 e. The molecule has 2 atom stereocenters. The molecule has 6 rings (SSSR count).